The van der Waals surface area contributed by atoms with E-state index < -0.39 is 5.97 Å². The Morgan fingerprint density at radius 1 is 1.35 bits per heavy atom. The molecule has 1 heterocycles. The Morgan fingerprint density at radius 3 is 2.60 bits per heavy atom. The molecule has 0 aliphatic rings. The minimum absolute atomic E-state index is 0.139. The summed E-state index contributed by atoms with van der Waals surface area (Å²) in [6, 6.07) is 11.4. The molecule has 0 bridgehead atoms. The lowest BCUT2D eigenvalue weighted by atomic mass is 10.2. The van der Waals surface area contributed by atoms with E-state index in [2.05, 4.69) is 4.98 Å². The Labute approximate surface area is 116 Å². The van der Waals surface area contributed by atoms with Crippen LogP contribution in [-0.4, -0.2) is 16.1 Å². The minimum Gasteiger partial charge on any atom is -0.478 e. The SMILES string of the molecule is CCc1cc(C(=O)O)cc(Oc2ccc(C#N)cc2)n1. The van der Waals surface area contributed by atoms with Gasteiger partial charge in [-0.25, -0.2) is 9.78 Å². The Hall–Kier alpha value is -2.87. The molecule has 0 saturated carbocycles. The number of pyridine rings is 1. The Bertz CT molecular complexity index is 673. The molecule has 5 nitrogen and oxygen atoms in total. The van der Waals surface area contributed by atoms with Crippen molar-refractivity contribution in [1.29, 1.82) is 5.26 Å². The summed E-state index contributed by atoms with van der Waals surface area (Å²) < 4.78 is 5.53. The highest BCUT2D eigenvalue weighted by Crippen LogP contribution is 2.21. The lowest BCUT2D eigenvalue weighted by molar-refractivity contribution is 0.0696. The smallest absolute Gasteiger partial charge is 0.335 e. The van der Waals surface area contributed by atoms with Gasteiger partial charge in [-0.05, 0) is 36.8 Å². The van der Waals surface area contributed by atoms with Crippen molar-refractivity contribution >= 4 is 5.97 Å². The number of carbonyl (C=O) groups is 1. The zero-order valence-corrected chi connectivity index (χ0v) is 10.8. The molecule has 2 rings (SSSR count). The van der Waals surface area contributed by atoms with Crippen molar-refractivity contribution in [2.75, 3.05) is 0 Å². The summed E-state index contributed by atoms with van der Waals surface area (Å²) in [7, 11) is 0. The topological polar surface area (TPSA) is 83.2 Å². The third kappa shape index (κ3) is 3.12. The maximum atomic E-state index is 11.0. The number of aromatic nitrogens is 1. The van der Waals surface area contributed by atoms with Crippen LogP contribution < -0.4 is 4.74 Å². The second-order valence-corrected chi connectivity index (χ2v) is 4.08. The van der Waals surface area contributed by atoms with Gasteiger partial charge in [0, 0.05) is 11.8 Å². The molecular weight excluding hydrogens is 256 g/mol. The van der Waals surface area contributed by atoms with Crippen LogP contribution in [0.25, 0.3) is 0 Å². The summed E-state index contributed by atoms with van der Waals surface area (Å²) in [5.74, 6) is -0.292. The van der Waals surface area contributed by atoms with E-state index in [9.17, 15) is 4.79 Å². The van der Waals surface area contributed by atoms with Crippen molar-refractivity contribution < 1.29 is 14.6 Å². The van der Waals surface area contributed by atoms with Crippen LogP contribution in [0.15, 0.2) is 36.4 Å². The lowest BCUT2D eigenvalue weighted by Gasteiger charge is -2.07. The maximum Gasteiger partial charge on any atom is 0.335 e. The Kier molecular flexibility index (Phi) is 3.96. The van der Waals surface area contributed by atoms with Crippen molar-refractivity contribution in [3.63, 3.8) is 0 Å². The summed E-state index contributed by atoms with van der Waals surface area (Å²) in [4.78, 5) is 15.3. The highest BCUT2D eigenvalue weighted by atomic mass is 16.5. The largest absolute Gasteiger partial charge is 0.478 e. The number of hydrogen-bond acceptors (Lipinski definition) is 4. The minimum atomic E-state index is -1.02. The molecular formula is C15H12N2O3. The molecule has 0 fully saturated rings. The molecule has 0 amide bonds. The van der Waals surface area contributed by atoms with Gasteiger partial charge in [0.2, 0.25) is 5.88 Å². The molecule has 1 aromatic carbocycles. The summed E-state index contributed by atoms with van der Waals surface area (Å²) in [6.07, 6.45) is 0.616. The number of aryl methyl sites for hydroxylation is 1. The third-order valence-electron chi connectivity index (χ3n) is 2.67. The zero-order chi connectivity index (χ0) is 14.5. The van der Waals surface area contributed by atoms with Crippen LogP contribution in [0.2, 0.25) is 0 Å². The summed E-state index contributed by atoms with van der Waals surface area (Å²) in [5, 5.41) is 17.8. The van der Waals surface area contributed by atoms with Gasteiger partial charge in [-0.1, -0.05) is 6.92 Å². The molecule has 0 unspecified atom stereocenters. The van der Waals surface area contributed by atoms with Crippen LogP contribution in [0.5, 0.6) is 11.6 Å². The maximum absolute atomic E-state index is 11.0. The normalized spacial score (nSPS) is 9.80. The number of hydrogen-bond donors (Lipinski definition) is 1. The van der Waals surface area contributed by atoms with E-state index in [-0.39, 0.29) is 11.4 Å². The monoisotopic (exact) mass is 268 g/mol. The van der Waals surface area contributed by atoms with E-state index in [1.54, 1.807) is 24.3 Å². The second-order valence-electron chi connectivity index (χ2n) is 4.08. The van der Waals surface area contributed by atoms with E-state index in [1.807, 2.05) is 13.0 Å². The highest BCUT2D eigenvalue weighted by Gasteiger charge is 2.09. The number of aromatic carboxylic acids is 1. The van der Waals surface area contributed by atoms with Gasteiger partial charge in [-0.3, -0.25) is 0 Å². The fourth-order valence-electron chi connectivity index (χ4n) is 1.64. The fourth-order valence-corrected chi connectivity index (χ4v) is 1.64. The predicted molar refractivity (Wildman–Crippen MR) is 71.8 cm³/mol. The van der Waals surface area contributed by atoms with Crippen LogP contribution in [0.4, 0.5) is 0 Å². The molecule has 0 aliphatic heterocycles. The molecule has 0 aliphatic carbocycles. The number of nitriles is 1. The molecule has 20 heavy (non-hydrogen) atoms. The highest BCUT2D eigenvalue weighted by molar-refractivity contribution is 5.88. The average molecular weight is 268 g/mol. The van der Waals surface area contributed by atoms with Gasteiger partial charge in [0.25, 0.3) is 0 Å². The fraction of sp³-hybridized carbons (Fsp3) is 0.133. The van der Waals surface area contributed by atoms with Crippen LogP contribution in [0.1, 0.15) is 28.5 Å². The molecule has 100 valence electrons. The molecule has 2 aromatic rings. The van der Waals surface area contributed by atoms with Gasteiger partial charge in [0.05, 0.1) is 17.2 Å². The standard InChI is InChI=1S/C15H12N2O3/c1-2-12-7-11(15(18)19)8-14(17-12)20-13-5-3-10(9-16)4-6-13/h3-8H,2H2,1H3,(H,18,19). The summed E-state index contributed by atoms with van der Waals surface area (Å²) >= 11 is 0. The first-order valence-electron chi connectivity index (χ1n) is 6.04. The first kappa shape index (κ1) is 13.6. The van der Waals surface area contributed by atoms with E-state index >= 15 is 0 Å². The van der Waals surface area contributed by atoms with Gasteiger partial charge >= 0.3 is 5.97 Å². The predicted octanol–water partition coefficient (Wildman–Crippen LogP) is 3.01. The first-order chi connectivity index (χ1) is 9.62. The summed E-state index contributed by atoms with van der Waals surface area (Å²) in [6.45, 7) is 1.89. The van der Waals surface area contributed by atoms with Gasteiger partial charge < -0.3 is 9.84 Å². The molecule has 1 aromatic heterocycles. The van der Waals surface area contributed by atoms with Crippen molar-refractivity contribution in [3.05, 3.63) is 53.2 Å². The molecule has 0 saturated heterocycles. The van der Waals surface area contributed by atoms with Gasteiger partial charge in [0.1, 0.15) is 5.75 Å². The zero-order valence-electron chi connectivity index (χ0n) is 10.8. The van der Waals surface area contributed by atoms with E-state index in [1.165, 1.54) is 12.1 Å². The van der Waals surface area contributed by atoms with Crippen LogP contribution in [0, 0.1) is 11.3 Å². The lowest BCUT2D eigenvalue weighted by Crippen LogP contribution is -2.01. The number of carboxylic acid groups (broad SMARTS) is 1. The van der Waals surface area contributed by atoms with Crippen molar-refractivity contribution in [1.82, 2.24) is 4.98 Å². The number of carboxylic acids is 1. The number of rotatable bonds is 4. The Morgan fingerprint density at radius 2 is 2.05 bits per heavy atom. The van der Waals surface area contributed by atoms with Crippen molar-refractivity contribution in [2.45, 2.75) is 13.3 Å². The third-order valence-corrected chi connectivity index (χ3v) is 2.67. The number of ether oxygens (including phenoxy) is 1. The van der Waals surface area contributed by atoms with Crippen LogP contribution in [0.3, 0.4) is 0 Å². The molecule has 0 atom stereocenters. The van der Waals surface area contributed by atoms with Crippen LogP contribution >= 0.6 is 0 Å². The average Bonchev–Trinajstić information content (AvgIpc) is 2.47. The van der Waals surface area contributed by atoms with Gasteiger partial charge in [-0.15, -0.1) is 0 Å². The van der Waals surface area contributed by atoms with E-state index in [0.29, 0.717) is 23.4 Å². The van der Waals surface area contributed by atoms with Gasteiger partial charge in [0.15, 0.2) is 0 Å². The van der Waals surface area contributed by atoms with Gasteiger partial charge in [-0.2, -0.15) is 5.26 Å². The van der Waals surface area contributed by atoms with Crippen LogP contribution in [-0.2, 0) is 6.42 Å². The summed E-state index contributed by atoms with van der Waals surface area (Å²) in [5.41, 5.74) is 1.31. The first-order valence-corrected chi connectivity index (χ1v) is 6.04. The van der Waals surface area contributed by atoms with Crippen molar-refractivity contribution in [3.8, 4) is 17.7 Å². The second kappa shape index (κ2) is 5.85. The molecule has 5 heteroatoms. The quantitative estimate of drug-likeness (QED) is 0.921. The van der Waals surface area contributed by atoms with E-state index in [4.69, 9.17) is 15.1 Å². The molecule has 0 spiro atoms. The molecule has 0 radical (unpaired) electrons. The van der Waals surface area contributed by atoms with E-state index in [0.717, 1.165) is 0 Å². The number of benzene rings is 1. The number of nitrogens with zero attached hydrogens (tertiary/aromatic N) is 2. The Balaban J connectivity index is 2.30. The molecule has 1 N–H and O–H groups in total. The van der Waals surface area contributed by atoms with Crippen molar-refractivity contribution in [2.24, 2.45) is 0 Å².